The molecule has 0 spiro atoms. The van der Waals surface area contributed by atoms with Crippen LogP contribution in [0.4, 0.5) is 0 Å². The maximum atomic E-state index is 10.5. The molecule has 0 saturated heterocycles. The zero-order valence-electron chi connectivity index (χ0n) is 6.93. The fraction of sp³-hybridized carbons (Fsp3) is 0.100. The first-order valence-corrected chi connectivity index (χ1v) is 4.03. The largest absolute Gasteiger partial charge is 0.259 e. The topological polar surface area (TPSA) is 43.1 Å². The molecule has 1 aromatic carbocycles. The highest BCUT2D eigenvalue weighted by molar-refractivity contribution is 5.42. The number of nitro groups is 1. The zero-order valence-corrected chi connectivity index (χ0v) is 6.93. The summed E-state index contributed by atoms with van der Waals surface area (Å²) in [5, 5.41) is 10.5. The molecule has 1 aliphatic rings. The third-order valence-electron chi connectivity index (χ3n) is 2.12. The molecule has 1 radical (unpaired) electrons. The lowest BCUT2D eigenvalue weighted by Crippen LogP contribution is -2.08. The zero-order chi connectivity index (χ0) is 9.26. The Morgan fingerprint density at radius 1 is 1.31 bits per heavy atom. The van der Waals surface area contributed by atoms with Gasteiger partial charge in [0.25, 0.3) is 0 Å². The van der Waals surface area contributed by atoms with E-state index < -0.39 is 0 Å². The number of hydrogen-bond acceptors (Lipinski definition) is 2. The van der Waals surface area contributed by atoms with Gasteiger partial charge in [0, 0.05) is 6.42 Å². The first kappa shape index (κ1) is 7.98. The van der Waals surface area contributed by atoms with Crippen molar-refractivity contribution in [2.75, 3.05) is 0 Å². The average Bonchev–Trinajstić information content (AvgIpc) is 2.17. The Hall–Kier alpha value is -1.64. The minimum Gasteiger partial charge on any atom is -0.259 e. The van der Waals surface area contributed by atoms with Gasteiger partial charge in [0.1, 0.15) is 0 Å². The van der Waals surface area contributed by atoms with Gasteiger partial charge in [-0.25, -0.2) is 0 Å². The monoisotopic (exact) mass is 174 g/mol. The van der Waals surface area contributed by atoms with Crippen LogP contribution in [-0.4, -0.2) is 4.92 Å². The summed E-state index contributed by atoms with van der Waals surface area (Å²) in [7, 11) is 0. The molecule has 0 unspecified atom stereocenters. The van der Waals surface area contributed by atoms with E-state index in [0.717, 1.165) is 11.1 Å². The van der Waals surface area contributed by atoms with Crippen molar-refractivity contribution < 1.29 is 4.92 Å². The van der Waals surface area contributed by atoms with Crippen LogP contribution in [0.3, 0.4) is 0 Å². The molecule has 0 N–H and O–H groups in total. The van der Waals surface area contributed by atoms with Crippen molar-refractivity contribution >= 4 is 0 Å². The molecule has 3 heteroatoms. The molecule has 0 saturated carbocycles. The highest BCUT2D eigenvalue weighted by atomic mass is 16.6. The summed E-state index contributed by atoms with van der Waals surface area (Å²) in [5.74, 6) is 0. The Labute approximate surface area is 75.8 Å². The minimum absolute atomic E-state index is 0.263. The molecule has 0 amide bonds. The molecule has 3 nitrogen and oxygen atoms in total. The molecule has 1 aliphatic carbocycles. The summed E-state index contributed by atoms with van der Waals surface area (Å²) in [6.07, 6.45) is 3.79. The lowest BCUT2D eigenvalue weighted by Gasteiger charge is -2.10. The molecule has 0 aliphatic heterocycles. The van der Waals surface area contributed by atoms with Gasteiger partial charge >= 0.3 is 0 Å². The van der Waals surface area contributed by atoms with Gasteiger partial charge in [-0.05, 0) is 17.2 Å². The van der Waals surface area contributed by atoms with Gasteiger partial charge in [0.2, 0.25) is 5.70 Å². The van der Waals surface area contributed by atoms with Crippen molar-refractivity contribution in [3.63, 3.8) is 0 Å². The Balaban J connectivity index is 2.33. The summed E-state index contributed by atoms with van der Waals surface area (Å²) in [5.41, 5.74) is 2.36. The third-order valence-corrected chi connectivity index (χ3v) is 2.12. The lowest BCUT2D eigenvalue weighted by molar-refractivity contribution is -0.427. The molecular formula is C10H8NO2. The second kappa shape index (κ2) is 3.01. The molecule has 0 fully saturated rings. The molecule has 2 rings (SSSR count). The van der Waals surface area contributed by atoms with Crippen LogP contribution in [0.5, 0.6) is 0 Å². The van der Waals surface area contributed by atoms with Crippen LogP contribution >= 0.6 is 0 Å². The van der Waals surface area contributed by atoms with Crippen molar-refractivity contribution in [1.29, 1.82) is 0 Å². The maximum Gasteiger partial charge on any atom is 0.247 e. The molecular weight excluding hydrogens is 166 g/mol. The van der Waals surface area contributed by atoms with E-state index in [0.29, 0.717) is 6.42 Å². The molecule has 13 heavy (non-hydrogen) atoms. The summed E-state index contributed by atoms with van der Waals surface area (Å²) in [4.78, 5) is 10.2. The summed E-state index contributed by atoms with van der Waals surface area (Å²) >= 11 is 0. The summed E-state index contributed by atoms with van der Waals surface area (Å²) in [6, 6.07) is 7.71. The van der Waals surface area contributed by atoms with Crippen molar-refractivity contribution in [2.24, 2.45) is 0 Å². The van der Waals surface area contributed by atoms with Gasteiger partial charge < -0.3 is 0 Å². The predicted molar refractivity (Wildman–Crippen MR) is 48.6 cm³/mol. The second-order valence-corrected chi connectivity index (χ2v) is 2.96. The van der Waals surface area contributed by atoms with Gasteiger partial charge in [0.15, 0.2) is 0 Å². The number of fused-ring (bicyclic) bond motifs is 1. The molecule has 0 bridgehead atoms. The van der Waals surface area contributed by atoms with E-state index >= 15 is 0 Å². The third kappa shape index (κ3) is 1.45. The van der Waals surface area contributed by atoms with Crippen molar-refractivity contribution in [2.45, 2.75) is 6.42 Å². The predicted octanol–water partition coefficient (Wildman–Crippen LogP) is 1.96. The molecule has 0 heterocycles. The molecule has 65 valence electrons. The van der Waals surface area contributed by atoms with Crippen LogP contribution in [0, 0.1) is 16.5 Å². The Morgan fingerprint density at radius 3 is 2.85 bits per heavy atom. The quantitative estimate of drug-likeness (QED) is 0.482. The van der Waals surface area contributed by atoms with E-state index in [9.17, 15) is 10.1 Å². The van der Waals surface area contributed by atoms with E-state index in [1.807, 2.05) is 24.3 Å². The number of hydrogen-bond donors (Lipinski definition) is 0. The highest BCUT2D eigenvalue weighted by Crippen LogP contribution is 2.21. The molecule has 0 aromatic heterocycles. The number of allylic oxidation sites excluding steroid dienone is 2. The fourth-order valence-corrected chi connectivity index (χ4v) is 1.42. The van der Waals surface area contributed by atoms with Gasteiger partial charge in [-0.2, -0.15) is 0 Å². The van der Waals surface area contributed by atoms with Gasteiger partial charge in [-0.3, -0.25) is 10.1 Å². The van der Waals surface area contributed by atoms with Gasteiger partial charge in [-0.15, -0.1) is 0 Å². The van der Waals surface area contributed by atoms with E-state index in [-0.39, 0.29) is 10.6 Å². The van der Waals surface area contributed by atoms with E-state index in [2.05, 4.69) is 0 Å². The van der Waals surface area contributed by atoms with Crippen LogP contribution in [0.25, 0.3) is 0 Å². The van der Waals surface area contributed by atoms with Crippen molar-refractivity contribution in [3.05, 3.63) is 63.7 Å². The molecule has 0 atom stereocenters. The van der Waals surface area contributed by atoms with Crippen molar-refractivity contribution in [3.8, 4) is 0 Å². The highest BCUT2D eigenvalue weighted by Gasteiger charge is 2.17. The SMILES string of the molecule is O=[N+]([O-])C1=C[CH]c2ccccc2C1. The van der Waals surface area contributed by atoms with Gasteiger partial charge in [-0.1, -0.05) is 24.3 Å². The number of rotatable bonds is 1. The van der Waals surface area contributed by atoms with Crippen LogP contribution in [0.2, 0.25) is 0 Å². The number of nitrogens with zero attached hydrogens (tertiary/aromatic N) is 1. The lowest BCUT2D eigenvalue weighted by atomic mass is 9.95. The summed E-state index contributed by atoms with van der Waals surface area (Å²) < 4.78 is 0. The van der Waals surface area contributed by atoms with Crippen LogP contribution in [0.1, 0.15) is 11.1 Å². The number of benzene rings is 1. The Morgan fingerprint density at radius 2 is 2.08 bits per heavy atom. The standard InChI is InChI=1S/C10H8NO2/c12-11(13)10-6-5-8-3-1-2-4-9(8)7-10/h1-6H,7H2. The van der Waals surface area contributed by atoms with Gasteiger partial charge in [0.05, 0.1) is 11.3 Å². The summed E-state index contributed by atoms with van der Waals surface area (Å²) in [6.45, 7) is 0. The van der Waals surface area contributed by atoms with Crippen LogP contribution in [-0.2, 0) is 6.42 Å². The first-order valence-electron chi connectivity index (χ1n) is 4.03. The normalized spacial score (nSPS) is 14.6. The first-order chi connectivity index (χ1) is 6.27. The second-order valence-electron chi connectivity index (χ2n) is 2.96. The van der Waals surface area contributed by atoms with Crippen LogP contribution in [0.15, 0.2) is 36.0 Å². The smallest absolute Gasteiger partial charge is 0.247 e. The maximum absolute atomic E-state index is 10.5. The van der Waals surface area contributed by atoms with Crippen molar-refractivity contribution in [1.82, 2.24) is 0 Å². The average molecular weight is 174 g/mol. The van der Waals surface area contributed by atoms with E-state index in [1.54, 1.807) is 12.5 Å². The minimum atomic E-state index is -0.327. The van der Waals surface area contributed by atoms with E-state index in [4.69, 9.17) is 0 Å². The van der Waals surface area contributed by atoms with E-state index in [1.165, 1.54) is 0 Å². The Bertz CT molecular complexity index is 382. The van der Waals surface area contributed by atoms with Crippen LogP contribution < -0.4 is 0 Å². The fourth-order valence-electron chi connectivity index (χ4n) is 1.42. The Kier molecular flexibility index (Phi) is 1.85. The molecule has 1 aromatic rings.